The molecule has 0 aromatic rings. The van der Waals surface area contributed by atoms with Crippen molar-refractivity contribution >= 4 is 0 Å². The van der Waals surface area contributed by atoms with Gasteiger partial charge in [-0.25, -0.2) is 0 Å². The molecule has 1 nitrogen and oxygen atoms in total. The monoisotopic (exact) mass is 193 g/mol. The highest BCUT2D eigenvalue weighted by Gasteiger charge is 2.39. The Morgan fingerprint density at radius 3 is 2.64 bits per heavy atom. The maximum absolute atomic E-state index is 5.71. The summed E-state index contributed by atoms with van der Waals surface area (Å²) in [5.74, 6) is 1.57. The van der Waals surface area contributed by atoms with Crippen LogP contribution in [0.15, 0.2) is 12.2 Å². The molecule has 0 bridgehead atoms. The number of hydrogen-bond acceptors (Lipinski definition) is 1. The lowest BCUT2D eigenvalue weighted by Crippen LogP contribution is -2.11. The number of rotatable bonds is 4. The number of nitrogens with two attached hydrogens (primary N) is 1. The molecule has 0 radical (unpaired) electrons. The van der Waals surface area contributed by atoms with Gasteiger partial charge in [0.15, 0.2) is 0 Å². The minimum absolute atomic E-state index is 0.637. The van der Waals surface area contributed by atoms with Gasteiger partial charge in [-0.2, -0.15) is 0 Å². The molecule has 0 saturated heterocycles. The smallest absolute Gasteiger partial charge is 0.00486 e. The van der Waals surface area contributed by atoms with Crippen molar-refractivity contribution in [2.75, 3.05) is 6.54 Å². The zero-order chi connectivity index (χ0) is 10.2. The van der Waals surface area contributed by atoms with Crippen molar-refractivity contribution in [2.24, 2.45) is 23.0 Å². The summed E-state index contributed by atoms with van der Waals surface area (Å²) < 4.78 is 0. The van der Waals surface area contributed by atoms with Crippen LogP contribution in [0.2, 0.25) is 0 Å². The van der Waals surface area contributed by atoms with E-state index in [0.717, 1.165) is 18.4 Å². The van der Waals surface area contributed by atoms with Crippen LogP contribution < -0.4 is 5.73 Å². The fraction of sp³-hybridized carbons (Fsp3) is 0.846. The van der Waals surface area contributed by atoms with Crippen molar-refractivity contribution in [1.82, 2.24) is 0 Å². The van der Waals surface area contributed by atoms with E-state index in [2.05, 4.69) is 13.5 Å². The lowest BCUT2D eigenvalue weighted by atomic mass is 9.89. The van der Waals surface area contributed by atoms with Gasteiger partial charge < -0.3 is 5.73 Å². The summed E-state index contributed by atoms with van der Waals surface area (Å²) in [7, 11) is 0. The largest absolute Gasteiger partial charge is 0.330 e. The SMILES string of the molecule is C=C(CC1(C)CC1)C1CCC(CN)C1. The quantitative estimate of drug-likeness (QED) is 0.682. The standard InChI is InChI=1S/C13H23N/c1-10(8-13(2)5-6-13)12-4-3-11(7-12)9-14/h11-12H,1,3-9,14H2,2H3. The molecular formula is C13H23N. The summed E-state index contributed by atoms with van der Waals surface area (Å²) in [6.07, 6.45) is 8.09. The average Bonchev–Trinajstić information content (AvgIpc) is 2.71. The maximum atomic E-state index is 5.71. The molecule has 2 rings (SSSR count). The van der Waals surface area contributed by atoms with Crippen LogP contribution in [-0.2, 0) is 0 Å². The van der Waals surface area contributed by atoms with E-state index < -0.39 is 0 Å². The summed E-state index contributed by atoms with van der Waals surface area (Å²) >= 11 is 0. The predicted octanol–water partition coefficient (Wildman–Crippen LogP) is 3.11. The number of allylic oxidation sites excluding steroid dienone is 1. The van der Waals surface area contributed by atoms with Crippen LogP contribution in [0.4, 0.5) is 0 Å². The highest BCUT2D eigenvalue weighted by Crippen LogP contribution is 2.52. The minimum atomic E-state index is 0.637. The normalized spacial score (nSPS) is 34.4. The molecule has 1 heteroatoms. The van der Waals surface area contributed by atoms with Crippen molar-refractivity contribution in [3.63, 3.8) is 0 Å². The van der Waals surface area contributed by atoms with Gasteiger partial charge in [-0.3, -0.25) is 0 Å². The van der Waals surface area contributed by atoms with Gasteiger partial charge in [0.05, 0.1) is 0 Å². The molecule has 0 spiro atoms. The van der Waals surface area contributed by atoms with Crippen LogP contribution in [0.1, 0.15) is 45.4 Å². The predicted molar refractivity (Wildman–Crippen MR) is 61.0 cm³/mol. The molecule has 2 saturated carbocycles. The summed E-state index contributed by atoms with van der Waals surface area (Å²) in [6.45, 7) is 7.56. The van der Waals surface area contributed by atoms with E-state index >= 15 is 0 Å². The lowest BCUT2D eigenvalue weighted by Gasteiger charge is -2.17. The Hall–Kier alpha value is -0.300. The zero-order valence-electron chi connectivity index (χ0n) is 9.39. The van der Waals surface area contributed by atoms with E-state index in [0.29, 0.717) is 5.41 Å². The van der Waals surface area contributed by atoms with E-state index in [1.165, 1.54) is 44.1 Å². The molecule has 0 aromatic heterocycles. The molecule has 14 heavy (non-hydrogen) atoms. The molecule has 0 aliphatic heterocycles. The molecule has 2 aliphatic carbocycles. The summed E-state index contributed by atoms with van der Waals surface area (Å²) in [6, 6.07) is 0. The van der Waals surface area contributed by atoms with Crippen molar-refractivity contribution < 1.29 is 0 Å². The van der Waals surface area contributed by atoms with Crippen LogP contribution in [0.3, 0.4) is 0 Å². The molecule has 80 valence electrons. The fourth-order valence-corrected chi connectivity index (χ4v) is 2.74. The Balaban J connectivity index is 1.81. The third-order valence-corrected chi connectivity index (χ3v) is 4.21. The molecular weight excluding hydrogens is 170 g/mol. The van der Waals surface area contributed by atoms with Gasteiger partial charge in [-0.05, 0) is 62.3 Å². The van der Waals surface area contributed by atoms with Crippen molar-refractivity contribution in [3.8, 4) is 0 Å². The molecule has 2 aliphatic rings. The summed E-state index contributed by atoms with van der Waals surface area (Å²) in [4.78, 5) is 0. The van der Waals surface area contributed by atoms with Crippen LogP contribution >= 0.6 is 0 Å². The second-order valence-corrected chi connectivity index (χ2v) is 5.76. The van der Waals surface area contributed by atoms with Crippen LogP contribution in [0, 0.1) is 17.3 Å². The minimum Gasteiger partial charge on any atom is -0.330 e. The molecule has 2 atom stereocenters. The van der Waals surface area contributed by atoms with Gasteiger partial charge in [0.2, 0.25) is 0 Å². The molecule has 0 heterocycles. The van der Waals surface area contributed by atoms with Gasteiger partial charge in [0, 0.05) is 0 Å². The Morgan fingerprint density at radius 2 is 2.14 bits per heavy atom. The Morgan fingerprint density at radius 1 is 1.43 bits per heavy atom. The van der Waals surface area contributed by atoms with Gasteiger partial charge in [-0.15, -0.1) is 0 Å². The Labute approximate surface area is 87.8 Å². The Bertz CT molecular complexity index is 227. The second-order valence-electron chi connectivity index (χ2n) is 5.76. The first-order chi connectivity index (χ1) is 6.63. The summed E-state index contributed by atoms with van der Waals surface area (Å²) in [5, 5.41) is 0. The van der Waals surface area contributed by atoms with E-state index in [1.54, 1.807) is 0 Å². The average molecular weight is 193 g/mol. The van der Waals surface area contributed by atoms with E-state index in [1.807, 2.05) is 0 Å². The van der Waals surface area contributed by atoms with Gasteiger partial charge in [-0.1, -0.05) is 19.1 Å². The van der Waals surface area contributed by atoms with E-state index in [4.69, 9.17) is 5.73 Å². The third-order valence-electron chi connectivity index (χ3n) is 4.21. The van der Waals surface area contributed by atoms with Crippen LogP contribution in [0.5, 0.6) is 0 Å². The van der Waals surface area contributed by atoms with Crippen LogP contribution in [-0.4, -0.2) is 6.54 Å². The Kier molecular flexibility index (Phi) is 2.70. The van der Waals surface area contributed by atoms with E-state index in [-0.39, 0.29) is 0 Å². The number of hydrogen-bond donors (Lipinski definition) is 1. The van der Waals surface area contributed by atoms with Gasteiger partial charge >= 0.3 is 0 Å². The molecule has 0 aromatic carbocycles. The van der Waals surface area contributed by atoms with Crippen molar-refractivity contribution in [1.29, 1.82) is 0 Å². The van der Waals surface area contributed by atoms with Gasteiger partial charge in [0.25, 0.3) is 0 Å². The van der Waals surface area contributed by atoms with E-state index in [9.17, 15) is 0 Å². The summed E-state index contributed by atoms with van der Waals surface area (Å²) in [5.41, 5.74) is 7.86. The topological polar surface area (TPSA) is 26.0 Å². The molecule has 0 amide bonds. The molecule has 2 fully saturated rings. The zero-order valence-corrected chi connectivity index (χ0v) is 9.39. The first-order valence-electron chi connectivity index (χ1n) is 6.01. The fourth-order valence-electron chi connectivity index (χ4n) is 2.74. The molecule has 2 unspecified atom stereocenters. The van der Waals surface area contributed by atoms with Crippen LogP contribution in [0.25, 0.3) is 0 Å². The maximum Gasteiger partial charge on any atom is -0.00486 e. The first kappa shape index (κ1) is 10.2. The lowest BCUT2D eigenvalue weighted by molar-refractivity contribution is 0.487. The third kappa shape index (κ3) is 2.20. The van der Waals surface area contributed by atoms with Gasteiger partial charge in [0.1, 0.15) is 0 Å². The van der Waals surface area contributed by atoms with Crippen molar-refractivity contribution in [3.05, 3.63) is 12.2 Å². The highest BCUT2D eigenvalue weighted by molar-refractivity contribution is 5.10. The first-order valence-corrected chi connectivity index (χ1v) is 6.01. The highest BCUT2D eigenvalue weighted by atomic mass is 14.6. The second kappa shape index (κ2) is 3.69. The molecule has 2 N–H and O–H groups in total. The van der Waals surface area contributed by atoms with Crippen molar-refractivity contribution in [2.45, 2.75) is 45.4 Å².